The van der Waals surface area contributed by atoms with Gasteiger partial charge in [-0.3, -0.25) is 14.0 Å². The van der Waals surface area contributed by atoms with Gasteiger partial charge in [0.25, 0.3) is 5.56 Å². The van der Waals surface area contributed by atoms with E-state index in [-0.39, 0.29) is 42.0 Å². The minimum absolute atomic E-state index is 0.000660. The molecule has 2 bridgehead atoms. The average Bonchev–Trinajstić information content (AvgIpc) is 3.64. The van der Waals surface area contributed by atoms with E-state index in [0.717, 1.165) is 53.8 Å². The summed E-state index contributed by atoms with van der Waals surface area (Å²) in [6.07, 6.45) is 7.00. The minimum atomic E-state index is -1.30. The molecule has 5 heterocycles. The van der Waals surface area contributed by atoms with Crippen LogP contribution in [0.4, 0.5) is 10.7 Å². The van der Waals surface area contributed by atoms with Gasteiger partial charge in [0.15, 0.2) is 5.65 Å². The van der Waals surface area contributed by atoms with Crippen molar-refractivity contribution in [2.45, 2.75) is 129 Å². The monoisotopic (exact) mass is 709 g/mol. The second-order valence-corrected chi connectivity index (χ2v) is 23.0. The van der Waals surface area contributed by atoms with E-state index < -0.39 is 13.7 Å². The molecule has 1 N–H and O–H groups in total. The Morgan fingerprint density at radius 1 is 1.04 bits per heavy atom. The van der Waals surface area contributed by atoms with E-state index in [1.54, 1.807) is 11.6 Å². The molecule has 1 aromatic carbocycles. The summed E-state index contributed by atoms with van der Waals surface area (Å²) in [5, 5.41) is 9.75. The second-order valence-electron chi connectivity index (χ2n) is 17.0. The van der Waals surface area contributed by atoms with Crippen LogP contribution in [-0.4, -0.2) is 68.4 Å². The second kappa shape index (κ2) is 12.8. The zero-order chi connectivity index (χ0) is 35.6. The van der Waals surface area contributed by atoms with Crippen molar-refractivity contribution in [1.82, 2.24) is 29.2 Å². The zero-order valence-electron chi connectivity index (χ0n) is 30.7. The topological polar surface area (TPSA) is 108 Å². The molecule has 2 saturated heterocycles. The maximum Gasteiger partial charge on any atom is 0.407 e. The normalized spacial score (nSPS) is 20.1. The van der Waals surface area contributed by atoms with E-state index in [4.69, 9.17) is 31.2 Å². The smallest absolute Gasteiger partial charge is 0.407 e. The van der Waals surface area contributed by atoms with Crippen LogP contribution in [0.25, 0.3) is 33.1 Å². The minimum Gasteiger partial charge on any atom is -0.444 e. The SMILES string of the molecule is Cn1c(N2[C@@H]3CC[C@H]2C[C@@H](NC(=O)OC(C)(C)C)C3)nc2c(c(-c3ccc4nn(C(C)(C)C)cc4c3Cl)cn2COCC[Si](C)(C)C)c1=O. The van der Waals surface area contributed by atoms with Crippen LogP contribution in [0.15, 0.2) is 29.3 Å². The molecule has 49 heavy (non-hydrogen) atoms. The fraction of sp³-hybridized carbons (Fsp3) is 0.611. The number of anilines is 1. The Hall–Kier alpha value is -3.35. The maximum atomic E-state index is 14.5. The van der Waals surface area contributed by atoms with Crippen molar-refractivity contribution in [3.63, 3.8) is 0 Å². The quantitative estimate of drug-likeness (QED) is 0.149. The van der Waals surface area contributed by atoms with E-state index >= 15 is 0 Å². The lowest BCUT2D eigenvalue weighted by Crippen LogP contribution is -2.52. The van der Waals surface area contributed by atoms with Gasteiger partial charge in [-0.25, -0.2) is 4.79 Å². The number of ether oxygens (including phenoxy) is 2. The summed E-state index contributed by atoms with van der Waals surface area (Å²) in [4.78, 5) is 34.6. The third-order valence-electron chi connectivity index (χ3n) is 9.59. The molecule has 4 aromatic rings. The van der Waals surface area contributed by atoms with Gasteiger partial charge in [-0.1, -0.05) is 37.3 Å². The molecular formula is C36H52ClN7O4Si. The van der Waals surface area contributed by atoms with Crippen molar-refractivity contribution in [1.29, 1.82) is 0 Å². The van der Waals surface area contributed by atoms with Crippen LogP contribution in [-0.2, 0) is 28.8 Å². The summed E-state index contributed by atoms with van der Waals surface area (Å²) in [5.41, 5.74) is 1.97. The van der Waals surface area contributed by atoms with E-state index in [2.05, 4.69) is 50.6 Å². The number of benzene rings is 1. The predicted octanol–water partition coefficient (Wildman–Crippen LogP) is 7.50. The summed E-state index contributed by atoms with van der Waals surface area (Å²) >= 11 is 7.14. The third-order valence-corrected chi connectivity index (χ3v) is 11.7. The first kappa shape index (κ1) is 35.5. The Balaban J connectivity index is 1.40. The summed E-state index contributed by atoms with van der Waals surface area (Å²) in [5.74, 6) is 0.640. The number of piperidine rings is 1. The number of hydrogen-bond donors (Lipinski definition) is 1. The first-order chi connectivity index (χ1) is 22.8. The van der Waals surface area contributed by atoms with Gasteiger partial charge in [0.1, 0.15) is 12.3 Å². The van der Waals surface area contributed by atoms with E-state index in [1.807, 2.05) is 54.5 Å². The molecule has 2 aliphatic rings. The van der Waals surface area contributed by atoms with Gasteiger partial charge in [-0.05, 0) is 79.3 Å². The van der Waals surface area contributed by atoms with Crippen molar-refractivity contribution in [3.05, 3.63) is 39.9 Å². The van der Waals surface area contributed by atoms with Crippen LogP contribution < -0.4 is 15.8 Å². The molecule has 2 fully saturated rings. The lowest BCUT2D eigenvalue weighted by Gasteiger charge is -2.40. The molecule has 3 aromatic heterocycles. The number of carbonyl (C=O) groups excluding carboxylic acids is 1. The lowest BCUT2D eigenvalue weighted by atomic mass is 9.98. The van der Waals surface area contributed by atoms with Crippen LogP contribution in [0.5, 0.6) is 0 Å². The van der Waals surface area contributed by atoms with Crippen LogP contribution in [0.3, 0.4) is 0 Å². The molecule has 0 radical (unpaired) electrons. The number of nitrogens with one attached hydrogen (secondary N) is 1. The molecule has 0 unspecified atom stereocenters. The number of amides is 1. The number of carbonyl (C=O) groups is 1. The molecule has 0 spiro atoms. The first-order valence-electron chi connectivity index (χ1n) is 17.4. The fourth-order valence-corrected chi connectivity index (χ4v) is 8.15. The van der Waals surface area contributed by atoms with Crippen molar-refractivity contribution in [2.75, 3.05) is 11.5 Å². The Kier molecular flexibility index (Phi) is 9.24. The Bertz CT molecular complexity index is 1930. The Labute approximate surface area is 294 Å². The van der Waals surface area contributed by atoms with Gasteiger partial charge in [0.05, 0.1) is 21.5 Å². The number of nitrogens with zero attached hydrogens (tertiary/aromatic N) is 6. The van der Waals surface area contributed by atoms with Crippen LogP contribution >= 0.6 is 11.6 Å². The van der Waals surface area contributed by atoms with E-state index in [1.165, 1.54) is 0 Å². The van der Waals surface area contributed by atoms with Gasteiger partial charge in [-0.15, -0.1) is 0 Å². The molecule has 2 aliphatic heterocycles. The summed E-state index contributed by atoms with van der Waals surface area (Å²) in [6.45, 7) is 19.8. The molecule has 11 nitrogen and oxygen atoms in total. The number of rotatable bonds is 8. The van der Waals surface area contributed by atoms with Gasteiger partial charge >= 0.3 is 6.09 Å². The molecule has 266 valence electrons. The van der Waals surface area contributed by atoms with Crippen molar-refractivity contribution in [3.8, 4) is 11.1 Å². The molecule has 0 aliphatic carbocycles. The molecule has 0 saturated carbocycles. The van der Waals surface area contributed by atoms with Crippen LogP contribution in [0.2, 0.25) is 30.7 Å². The summed E-state index contributed by atoms with van der Waals surface area (Å²) in [6, 6.07) is 5.23. The highest BCUT2D eigenvalue weighted by Gasteiger charge is 2.43. The van der Waals surface area contributed by atoms with Crippen LogP contribution in [0, 0.1) is 0 Å². The Morgan fingerprint density at radius 3 is 2.33 bits per heavy atom. The molecule has 1 amide bonds. The number of fused-ring (bicyclic) bond motifs is 4. The van der Waals surface area contributed by atoms with Gasteiger partial charge in [0.2, 0.25) is 5.95 Å². The van der Waals surface area contributed by atoms with Crippen molar-refractivity contribution in [2.24, 2.45) is 7.05 Å². The molecule has 6 rings (SSSR count). The predicted molar refractivity (Wildman–Crippen MR) is 199 cm³/mol. The fourth-order valence-electron chi connectivity index (χ4n) is 7.09. The van der Waals surface area contributed by atoms with Crippen molar-refractivity contribution < 1.29 is 14.3 Å². The van der Waals surface area contributed by atoms with Gasteiger partial charge in [-0.2, -0.15) is 10.1 Å². The lowest BCUT2D eigenvalue weighted by molar-refractivity contribution is 0.0492. The number of halogens is 1. The standard InChI is InChI=1S/C36H52ClN7O4Si/c1-35(2,3)43-20-27-28(40-43)14-13-25(30(27)37)26-19-42(21-47-15-16-49(8,9)10)31-29(26)32(45)41(7)33(39-31)44-23-11-12-24(44)18-22(17-23)38-34(46)48-36(4,5)6/h13-14,19-20,22-24H,11-12,15-18,21H2,1-10H3,(H,38,46)/t22-,23+,24-. The van der Waals surface area contributed by atoms with Crippen LogP contribution in [0.1, 0.15) is 67.2 Å². The Morgan fingerprint density at radius 2 is 1.71 bits per heavy atom. The van der Waals surface area contributed by atoms with Gasteiger partial charge in [0, 0.05) is 68.8 Å². The van der Waals surface area contributed by atoms with Crippen molar-refractivity contribution >= 4 is 53.7 Å². The highest BCUT2D eigenvalue weighted by molar-refractivity contribution is 6.76. The summed E-state index contributed by atoms with van der Waals surface area (Å²) in [7, 11) is 0.508. The molecule has 13 heteroatoms. The average molecular weight is 710 g/mol. The molecular weight excluding hydrogens is 658 g/mol. The number of hydrogen-bond acceptors (Lipinski definition) is 7. The largest absolute Gasteiger partial charge is 0.444 e. The van der Waals surface area contributed by atoms with E-state index in [9.17, 15) is 9.59 Å². The molecule has 3 atom stereocenters. The zero-order valence-corrected chi connectivity index (χ0v) is 32.4. The summed E-state index contributed by atoms with van der Waals surface area (Å²) < 4.78 is 17.3. The first-order valence-corrected chi connectivity index (χ1v) is 21.5. The number of alkyl carbamates (subject to hydrolysis) is 1. The van der Waals surface area contributed by atoms with Gasteiger partial charge < -0.3 is 24.3 Å². The highest BCUT2D eigenvalue weighted by atomic mass is 35.5. The van der Waals surface area contributed by atoms with E-state index in [0.29, 0.717) is 28.6 Å². The maximum absolute atomic E-state index is 14.5. The third kappa shape index (κ3) is 7.28. The highest BCUT2D eigenvalue weighted by Crippen LogP contribution is 2.41. The number of aromatic nitrogens is 5.